The summed E-state index contributed by atoms with van der Waals surface area (Å²) in [6.07, 6.45) is 4.39. The molecule has 0 radical (unpaired) electrons. The molecule has 0 saturated carbocycles. The van der Waals surface area contributed by atoms with E-state index >= 15 is 0 Å². The van der Waals surface area contributed by atoms with Gasteiger partial charge in [0.15, 0.2) is 0 Å². The van der Waals surface area contributed by atoms with Crippen molar-refractivity contribution in [2.75, 3.05) is 13.7 Å². The van der Waals surface area contributed by atoms with Gasteiger partial charge in [-0.3, -0.25) is 4.98 Å². The molecule has 21 heavy (non-hydrogen) atoms. The highest BCUT2D eigenvalue weighted by atomic mass is 79.9. The van der Waals surface area contributed by atoms with Gasteiger partial charge in [-0.1, -0.05) is 28.9 Å². The Kier molecular flexibility index (Phi) is 5.70. The van der Waals surface area contributed by atoms with Crippen LogP contribution in [0.3, 0.4) is 0 Å². The van der Waals surface area contributed by atoms with Crippen molar-refractivity contribution in [1.29, 1.82) is 0 Å². The van der Waals surface area contributed by atoms with Crippen molar-refractivity contribution in [3.05, 3.63) is 51.9 Å². The lowest BCUT2D eigenvalue weighted by Crippen LogP contribution is -2.25. The average Bonchev–Trinajstić information content (AvgIpc) is 2.51. The molecule has 1 heterocycles. The molecule has 0 aliphatic rings. The SMILES string of the molecule is CCCNC(c1cc(Br)ccc1C)c1nccnc1OC. The van der Waals surface area contributed by atoms with Gasteiger partial charge >= 0.3 is 0 Å². The Morgan fingerprint density at radius 3 is 2.76 bits per heavy atom. The number of hydrogen-bond acceptors (Lipinski definition) is 4. The molecule has 5 heteroatoms. The molecule has 4 nitrogen and oxygen atoms in total. The van der Waals surface area contributed by atoms with Gasteiger partial charge in [-0.05, 0) is 43.1 Å². The molecule has 0 spiro atoms. The average molecular weight is 350 g/mol. The normalized spacial score (nSPS) is 12.2. The highest BCUT2D eigenvalue weighted by Crippen LogP contribution is 2.30. The monoisotopic (exact) mass is 349 g/mol. The molecule has 2 rings (SSSR count). The Morgan fingerprint density at radius 1 is 1.29 bits per heavy atom. The molecular weight excluding hydrogens is 330 g/mol. The van der Waals surface area contributed by atoms with E-state index in [1.54, 1.807) is 19.5 Å². The fraction of sp³-hybridized carbons (Fsp3) is 0.375. The van der Waals surface area contributed by atoms with Crippen LogP contribution in [0.2, 0.25) is 0 Å². The summed E-state index contributed by atoms with van der Waals surface area (Å²) in [6.45, 7) is 5.15. The Bertz CT molecular complexity index is 604. The van der Waals surface area contributed by atoms with E-state index in [-0.39, 0.29) is 6.04 Å². The van der Waals surface area contributed by atoms with E-state index < -0.39 is 0 Å². The van der Waals surface area contributed by atoms with E-state index in [2.05, 4.69) is 57.2 Å². The molecule has 0 aliphatic heterocycles. The molecule has 112 valence electrons. The second kappa shape index (κ2) is 7.52. The maximum atomic E-state index is 5.37. The maximum absolute atomic E-state index is 5.37. The number of halogens is 1. The van der Waals surface area contributed by atoms with E-state index in [0.717, 1.165) is 23.1 Å². The zero-order valence-electron chi connectivity index (χ0n) is 12.6. The van der Waals surface area contributed by atoms with Crippen LogP contribution in [0.4, 0.5) is 0 Å². The summed E-state index contributed by atoms with van der Waals surface area (Å²) >= 11 is 3.55. The van der Waals surface area contributed by atoms with Crippen LogP contribution in [0.25, 0.3) is 0 Å². The molecule has 0 amide bonds. The quantitative estimate of drug-likeness (QED) is 0.864. The van der Waals surface area contributed by atoms with Crippen LogP contribution in [0.15, 0.2) is 35.1 Å². The molecule has 1 atom stereocenters. The summed E-state index contributed by atoms with van der Waals surface area (Å²) in [4.78, 5) is 8.75. The second-order valence-electron chi connectivity index (χ2n) is 4.84. The zero-order chi connectivity index (χ0) is 15.2. The molecule has 1 N–H and O–H groups in total. The summed E-state index contributed by atoms with van der Waals surface area (Å²) in [6, 6.07) is 6.23. The van der Waals surface area contributed by atoms with E-state index in [0.29, 0.717) is 5.88 Å². The Morgan fingerprint density at radius 2 is 2.05 bits per heavy atom. The smallest absolute Gasteiger partial charge is 0.237 e. The number of aryl methyl sites for hydroxylation is 1. The van der Waals surface area contributed by atoms with Crippen LogP contribution < -0.4 is 10.1 Å². The fourth-order valence-electron chi connectivity index (χ4n) is 2.26. The third kappa shape index (κ3) is 3.80. The van der Waals surface area contributed by atoms with Crippen molar-refractivity contribution in [1.82, 2.24) is 15.3 Å². The van der Waals surface area contributed by atoms with Gasteiger partial charge in [0.25, 0.3) is 0 Å². The molecule has 1 aromatic heterocycles. The second-order valence-corrected chi connectivity index (χ2v) is 5.75. The topological polar surface area (TPSA) is 47.0 Å². The predicted octanol–water partition coefficient (Wildman–Crippen LogP) is 3.65. The van der Waals surface area contributed by atoms with E-state index in [1.165, 1.54) is 11.1 Å². The van der Waals surface area contributed by atoms with Gasteiger partial charge in [0.2, 0.25) is 5.88 Å². The fourth-order valence-corrected chi connectivity index (χ4v) is 2.64. The minimum Gasteiger partial charge on any atom is -0.480 e. The molecule has 0 fully saturated rings. The lowest BCUT2D eigenvalue weighted by molar-refractivity contribution is 0.382. The third-order valence-corrected chi connectivity index (χ3v) is 3.80. The number of nitrogens with zero attached hydrogens (tertiary/aromatic N) is 2. The minimum atomic E-state index is -0.0360. The number of ether oxygens (including phenoxy) is 1. The van der Waals surface area contributed by atoms with Crippen LogP contribution in [0, 0.1) is 6.92 Å². The highest BCUT2D eigenvalue weighted by Gasteiger charge is 2.21. The van der Waals surface area contributed by atoms with Gasteiger partial charge in [0, 0.05) is 16.9 Å². The zero-order valence-corrected chi connectivity index (χ0v) is 14.1. The number of nitrogens with one attached hydrogen (secondary N) is 1. The number of rotatable bonds is 6. The third-order valence-electron chi connectivity index (χ3n) is 3.31. The molecule has 0 saturated heterocycles. The lowest BCUT2D eigenvalue weighted by Gasteiger charge is -2.22. The van der Waals surface area contributed by atoms with Crippen LogP contribution in [0.1, 0.15) is 36.2 Å². The summed E-state index contributed by atoms with van der Waals surface area (Å²) in [5.74, 6) is 0.561. The van der Waals surface area contributed by atoms with Gasteiger partial charge in [0.05, 0.1) is 13.2 Å². The molecule has 0 aliphatic carbocycles. The van der Waals surface area contributed by atoms with Crippen LogP contribution in [-0.2, 0) is 0 Å². The maximum Gasteiger partial charge on any atom is 0.237 e. The van der Waals surface area contributed by atoms with Gasteiger partial charge < -0.3 is 10.1 Å². The summed E-state index contributed by atoms with van der Waals surface area (Å²) in [7, 11) is 1.62. The van der Waals surface area contributed by atoms with Crippen molar-refractivity contribution in [3.63, 3.8) is 0 Å². The summed E-state index contributed by atoms with van der Waals surface area (Å²) in [5, 5.41) is 3.54. The van der Waals surface area contributed by atoms with Crippen LogP contribution in [0.5, 0.6) is 5.88 Å². The van der Waals surface area contributed by atoms with Crippen LogP contribution >= 0.6 is 15.9 Å². The number of aromatic nitrogens is 2. The van der Waals surface area contributed by atoms with Gasteiger partial charge in [-0.2, -0.15) is 0 Å². The van der Waals surface area contributed by atoms with Crippen molar-refractivity contribution in [3.8, 4) is 5.88 Å². The first-order chi connectivity index (χ1) is 10.2. The molecule has 1 aromatic carbocycles. The van der Waals surface area contributed by atoms with E-state index in [9.17, 15) is 0 Å². The standard InChI is InChI=1S/C16H20BrN3O/c1-4-7-18-14(13-10-12(17)6-5-11(13)2)15-16(21-3)20-9-8-19-15/h5-6,8-10,14,18H,4,7H2,1-3H3. The van der Waals surface area contributed by atoms with E-state index in [1.807, 2.05) is 6.07 Å². The molecule has 0 bridgehead atoms. The number of methoxy groups -OCH3 is 1. The first kappa shape index (κ1) is 15.9. The van der Waals surface area contributed by atoms with Gasteiger partial charge in [-0.15, -0.1) is 0 Å². The molecular formula is C16H20BrN3O. The van der Waals surface area contributed by atoms with Gasteiger partial charge in [-0.25, -0.2) is 4.98 Å². The van der Waals surface area contributed by atoms with Gasteiger partial charge in [0.1, 0.15) is 5.69 Å². The molecule has 1 unspecified atom stereocenters. The van der Waals surface area contributed by atoms with Crippen LogP contribution in [-0.4, -0.2) is 23.6 Å². The minimum absolute atomic E-state index is 0.0360. The Hall–Kier alpha value is -1.46. The Labute approximate surface area is 134 Å². The number of hydrogen-bond donors (Lipinski definition) is 1. The van der Waals surface area contributed by atoms with Crippen molar-refractivity contribution in [2.45, 2.75) is 26.3 Å². The number of benzene rings is 1. The first-order valence-electron chi connectivity index (χ1n) is 7.01. The summed E-state index contributed by atoms with van der Waals surface area (Å²) in [5.41, 5.74) is 3.20. The molecule has 2 aromatic rings. The van der Waals surface area contributed by atoms with Crippen molar-refractivity contribution in [2.24, 2.45) is 0 Å². The lowest BCUT2D eigenvalue weighted by atomic mass is 9.98. The predicted molar refractivity (Wildman–Crippen MR) is 87.6 cm³/mol. The van der Waals surface area contributed by atoms with Crippen molar-refractivity contribution >= 4 is 15.9 Å². The largest absolute Gasteiger partial charge is 0.480 e. The highest BCUT2D eigenvalue weighted by molar-refractivity contribution is 9.10. The van der Waals surface area contributed by atoms with E-state index in [4.69, 9.17) is 4.74 Å². The summed E-state index contributed by atoms with van der Waals surface area (Å²) < 4.78 is 6.42. The van der Waals surface area contributed by atoms with Crippen molar-refractivity contribution < 1.29 is 4.74 Å². The first-order valence-corrected chi connectivity index (χ1v) is 7.81. The Balaban J connectivity index is 2.49.